The first-order valence-electron chi connectivity index (χ1n) is 8.76. The fourth-order valence-corrected chi connectivity index (χ4v) is 2.61. The molecule has 0 spiro atoms. The predicted molar refractivity (Wildman–Crippen MR) is 108 cm³/mol. The van der Waals surface area contributed by atoms with E-state index in [4.69, 9.17) is 4.74 Å². The van der Waals surface area contributed by atoms with E-state index < -0.39 is 0 Å². The Kier molecular flexibility index (Phi) is 8.92. The van der Waals surface area contributed by atoms with Gasteiger partial charge in [0.05, 0.1) is 11.1 Å². The van der Waals surface area contributed by atoms with Crippen LogP contribution in [0, 0.1) is 0 Å². The Hall–Kier alpha value is -1.76. The van der Waals surface area contributed by atoms with Gasteiger partial charge in [0.15, 0.2) is 0 Å². The van der Waals surface area contributed by atoms with Gasteiger partial charge in [0.2, 0.25) is 5.91 Å². The van der Waals surface area contributed by atoms with Gasteiger partial charge in [0.25, 0.3) is 0 Å². The van der Waals surface area contributed by atoms with Crippen LogP contribution >= 0.6 is 15.9 Å². The molecule has 1 aromatic rings. The molecule has 1 aromatic carbocycles. The summed E-state index contributed by atoms with van der Waals surface area (Å²) in [5.74, 6) is 0.736. The summed E-state index contributed by atoms with van der Waals surface area (Å²) < 4.78 is 6.67. The average molecular weight is 428 g/mol. The number of nitrogens with zero attached hydrogens (tertiary/aromatic N) is 1. The quantitative estimate of drug-likeness (QED) is 0.625. The number of nitrogens with one attached hydrogen (secondary N) is 2. The molecule has 0 aliphatic rings. The Balaban J connectivity index is 2.24. The Morgan fingerprint density at radius 2 is 1.81 bits per heavy atom. The summed E-state index contributed by atoms with van der Waals surface area (Å²) in [7, 11) is 3.34. The van der Waals surface area contributed by atoms with E-state index >= 15 is 0 Å². The number of carbonyl (C=O) groups is 2. The van der Waals surface area contributed by atoms with E-state index in [0.29, 0.717) is 32.5 Å². The van der Waals surface area contributed by atoms with Crippen molar-refractivity contribution in [2.75, 3.05) is 33.8 Å². The van der Waals surface area contributed by atoms with Gasteiger partial charge in [0.1, 0.15) is 5.75 Å². The molecular formula is C19H30BrN3O3. The number of halogens is 1. The van der Waals surface area contributed by atoms with E-state index in [1.165, 1.54) is 10.5 Å². The standard InChI is InChI=1S/C19H30BrN3O3/c1-19(2,3)14-8-9-16(15(20)13-14)26-12-6-7-17(24)21-10-11-22-18(25)23(4)5/h8-9,13H,6-7,10-12H2,1-5H3,(H,21,24)(H,22,25). The number of rotatable bonds is 8. The topological polar surface area (TPSA) is 70.7 Å². The fourth-order valence-electron chi connectivity index (χ4n) is 2.12. The van der Waals surface area contributed by atoms with Crippen LogP contribution < -0.4 is 15.4 Å². The molecule has 3 amide bonds. The summed E-state index contributed by atoms with van der Waals surface area (Å²) in [6, 6.07) is 5.92. The minimum absolute atomic E-state index is 0.0464. The third kappa shape index (κ3) is 8.08. The third-order valence-corrected chi connectivity index (χ3v) is 4.35. The second kappa shape index (κ2) is 10.4. The molecule has 0 aliphatic heterocycles. The van der Waals surface area contributed by atoms with Crippen molar-refractivity contribution in [3.63, 3.8) is 0 Å². The highest BCUT2D eigenvalue weighted by Gasteiger charge is 2.15. The third-order valence-electron chi connectivity index (χ3n) is 3.73. The highest BCUT2D eigenvalue weighted by molar-refractivity contribution is 9.10. The first kappa shape index (κ1) is 22.3. The molecule has 0 saturated heterocycles. The highest BCUT2D eigenvalue weighted by Crippen LogP contribution is 2.31. The zero-order valence-corrected chi connectivity index (χ0v) is 17.9. The van der Waals surface area contributed by atoms with Crippen LogP contribution in [0.3, 0.4) is 0 Å². The van der Waals surface area contributed by atoms with Gasteiger partial charge in [-0.2, -0.15) is 0 Å². The van der Waals surface area contributed by atoms with Crippen molar-refractivity contribution < 1.29 is 14.3 Å². The summed E-state index contributed by atoms with van der Waals surface area (Å²) in [5, 5.41) is 5.46. The smallest absolute Gasteiger partial charge is 0.316 e. The van der Waals surface area contributed by atoms with Gasteiger partial charge in [-0.3, -0.25) is 4.79 Å². The molecule has 0 unspecified atom stereocenters. The van der Waals surface area contributed by atoms with Crippen molar-refractivity contribution >= 4 is 27.9 Å². The van der Waals surface area contributed by atoms with E-state index in [0.717, 1.165) is 10.2 Å². The van der Waals surface area contributed by atoms with Gasteiger partial charge in [-0.05, 0) is 45.5 Å². The Labute approximate surface area is 164 Å². The normalized spacial score (nSPS) is 11.0. The second-order valence-electron chi connectivity index (χ2n) is 7.32. The monoisotopic (exact) mass is 427 g/mol. The zero-order valence-electron chi connectivity index (χ0n) is 16.3. The van der Waals surface area contributed by atoms with Crippen molar-refractivity contribution in [1.82, 2.24) is 15.5 Å². The summed E-state index contributed by atoms with van der Waals surface area (Å²) in [6.45, 7) is 7.79. The molecule has 0 aliphatic carbocycles. The first-order valence-corrected chi connectivity index (χ1v) is 9.55. The minimum atomic E-state index is -0.171. The lowest BCUT2D eigenvalue weighted by Crippen LogP contribution is -2.39. The number of hydrogen-bond donors (Lipinski definition) is 2. The van der Waals surface area contributed by atoms with Crippen LogP contribution in [-0.4, -0.2) is 50.6 Å². The van der Waals surface area contributed by atoms with Crippen LogP contribution in [0.25, 0.3) is 0 Å². The van der Waals surface area contributed by atoms with Crippen molar-refractivity contribution in [3.05, 3.63) is 28.2 Å². The van der Waals surface area contributed by atoms with Crippen molar-refractivity contribution in [2.24, 2.45) is 0 Å². The maximum atomic E-state index is 11.8. The van der Waals surface area contributed by atoms with E-state index in [2.05, 4.69) is 59.5 Å². The molecule has 0 bridgehead atoms. The molecule has 6 nitrogen and oxygen atoms in total. The molecule has 26 heavy (non-hydrogen) atoms. The maximum absolute atomic E-state index is 11.8. The number of ether oxygens (including phenoxy) is 1. The molecule has 7 heteroatoms. The average Bonchev–Trinajstić information content (AvgIpc) is 2.55. The summed E-state index contributed by atoms with van der Waals surface area (Å²) in [6.07, 6.45) is 1.02. The van der Waals surface area contributed by atoms with Crippen LogP contribution in [0.4, 0.5) is 4.79 Å². The first-order chi connectivity index (χ1) is 12.1. The molecular weight excluding hydrogens is 398 g/mol. The Bertz CT molecular complexity index is 613. The van der Waals surface area contributed by atoms with E-state index in [1.54, 1.807) is 14.1 Å². The number of hydrogen-bond acceptors (Lipinski definition) is 3. The van der Waals surface area contributed by atoms with Crippen molar-refractivity contribution in [1.29, 1.82) is 0 Å². The number of carbonyl (C=O) groups excluding carboxylic acids is 2. The molecule has 0 fully saturated rings. The molecule has 146 valence electrons. The fraction of sp³-hybridized carbons (Fsp3) is 0.579. The predicted octanol–water partition coefficient (Wildman–Crippen LogP) is 3.29. The van der Waals surface area contributed by atoms with Crippen LogP contribution in [0.15, 0.2) is 22.7 Å². The van der Waals surface area contributed by atoms with E-state index in [1.807, 2.05) is 6.07 Å². The van der Waals surface area contributed by atoms with Gasteiger partial charge in [-0.25, -0.2) is 4.79 Å². The molecule has 0 radical (unpaired) electrons. The van der Waals surface area contributed by atoms with Crippen LogP contribution in [-0.2, 0) is 10.2 Å². The van der Waals surface area contributed by atoms with Gasteiger partial charge >= 0.3 is 6.03 Å². The largest absolute Gasteiger partial charge is 0.492 e. The lowest BCUT2D eigenvalue weighted by atomic mass is 9.87. The van der Waals surface area contributed by atoms with Crippen molar-refractivity contribution in [2.45, 2.75) is 39.0 Å². The number of urea groups is 1. The zero-order chi connectivity index (χ0) is 19.7. The molecule has 2 N–H and O–H groups in total. The summed E-state index contributed by atoms with van der Waals surface area (Å²) in [4.78, 5) is 24.5. The molecule has 1 rings (SSSR count). The van der Waals surface area contributed by atoms with Crippen LogP contribution in [0.1, 0.15) is 39.2 Å². The molecule has 0 heterocycles. The Morgan fingerprint density at radius 3 is 2.38 bits per heavy atom. The summed E-state index contributed by atoms with van der Waals surface area (Å²) >= 11 is 3.54. The maximum Gasteiger partial charge on any atom is 0.316 e. The minimum Gasteiger partial charge on any atom is -0.492 e. The Morgan fingerprint density at radius 1 is 1.15 bits per heavy atom. The lowest BCUT2D eigenvalue weighted by Gasteiger charge is -2.20. The van der Waals surface area contributed by atoms with Crippen molar-refractivity contribution in [3.8, 4) is 5.75 Å². The number of benzene rings is 1. The van der Waals surface area contributed by atoms with Gasteiger partial charge in [-0.15, -0.1) is 0 Å². The SMILES string of the molecule is CN(C)C(=O)NCCNC(=O)CCCOc1ccc(C(C)(C)C)cc1Br. The van der Waals surface area contributed by atoms with Crippen LogP contribution in [0.5, 0.6) is 5.75 Å². The lowest BCUT2D eigenvalue weighted by molar-refractivity contribution is -0.121. The molecule has 0 atom stereocenters. The summed E-state index contributed by atoms with van der Waals surface area (Å²) in [5.41, 5.74) is 1.32. The number of amides is 3. The van der Waals surface area contributed by atoms with Crippen LogP contribution in [0.2, 0.25) is 0 Å². The highest BCUT2D eigenvalue weighted by atomic mass is 79.9. The van der Waals surface area contributed by atoms with Gasteiger partial charge in [0, 0.05) is 33.6 Å². The van der Waals surface area contributed by atoms with E-state index in [-0.39, 0.29) is 17.4 Å². The second-order valence-corrected chi connectivity index (χ2v) is 8.18. The van der Waals surface area contributed by atoms with E-state index in [9.17, 15) is 9.59 Å². The van der Waals surface area contributed by atoms with Gasteiger partial charge in [-0.1, -0.05) is 26.8 Å². The molecule has 0 saturated carbocycles. The molecule has 0 aromatic heterocycles. The van der Waals surface area contributed by atoms with Gasteiger partial charge < -0.3 is 20.3 Å².